The van der Waals surface area contributed by atoms with Crippen LogP contribution in [0.2, 0.25) is 0 Å². The summed E-state index contributed by atoms with van der Waals surface area (Å²) < 4.78 is 43.9. The number of imidazole rings is 1. The van der Waals surface area contributed by atoms with Crippen LogP contribution >= 0.6 is 0 Å². The van der Waals surface area contributed by atoms with Crippen molar-refractivity contribution in [1.29, 1.82) is 0 Å². The molecule has 0 atom stereocenters. The number of hydrogen-bond donors (Lipinski definition) is 3. The Morgan fingerprint density at radius 1 is 1.14 bits per heavy atom. The van der Waals surface area contributed by atoms with Gasteiger partial charge in [-0.2, -0.15) is 4.98 Å². The van der Waals surface area contributed by atoms with E-state index in [2.05, 4.69) is 15.0 Å². The summed E-state index contributed by atoms with van der Waals surface area (Å²) in [6.07, 6.45) is 2.01. The van der Waals surface area contributed by atoms with E-state index in [4.69, 9.17) is 5.11 Å². The molecule has 1 amide bonds. The third-order valence-corrected chi connectivity index (χ3v) is 4.76. The number of halogens is 3. The van der Waals surface area contributed by atoms with Crippen LogP contribution in [0.25, 0.3) is 28.0 Å². The first-order valence-electron chi connectivity index (χ1n) is 8.70. The number of rotatable bonds is 3. The third-order valence-electron chi connectivity index (χ3n) is 4.76. The van der Waals surface area contributed by atoms with Crippen molar-refractivity contribution in [3.63, 3.8) is 0 Å². The third kappa shape index (κ3) is 3.42. The van der Waals surface area contributed by atoms with Gasteiger partial charge in [0.2, 0.25) is 5.91 Å². The maximum absolute atomic E-state index is 14.7. The maximum atomic E-state index is 14.7. The van der Waals surface area contributed by atoms with Crippen LogP contribution in [0.5, 0.6) is 6.01 Å². The summed E-state index contributed by atoms with van der Waals surface area (Å²) in [5, 5.41) is 18.2. The molecule has 3 aromatic rings. The average Bonchev–Trinajstić information content (AvgIpc) is 3.05. The van der Waals surface area contributed by atoms with Crippen LogP contribution in [0, 0.1) is 17.5 Å². The predicted molar refractivity (Wildman–Crippen MR) is 97.1 cm³/mol. The fourth-order valence-corrected chi connectivity index (χ4v) is 3.32. The van der Waals surface area contributed by atoms with Crippen molar-refractivity contribution in [3.05, 3.63) is 47.3 Å². The van der Waals surface area contributed by atoms with Gasteiger partial charge in [0.25, 0.3) is 6.01 Å². The van der Waals surface area contributed by atoms with E-state index in [1.165, 1.54) is 4.90 Å². The molecule has 4 rings (SSSR count). The van der Waals surface area contributed by atoms with Crippen molar-refractivity contribution in [2.75, 3.05) is 19.7 Å². The molecule has 2 aromatic heterocycles. The highest BCUT2D eigenvalue weighted by molar-refractivity contribution is 5.80. The second kappa shape index (κ2) is 7.21. The Morgan fingerprint density at radius 2 is 1.86 bits per heavy atom. The van der Waals surface area contributed by atoms with E-state index in [-0.39, 0.29) is 23.3 Å². The van der Waals surface area contributed by atoms with E-state index in [9.17, 15) is 23.1 Å². The Labute approximate surface area is 162 Å². The summed E-state index contributed by atoms with van der Waals surface area (Å²) in [5.41, 5.74) is -0.260. The molecule has 1 aromatic carbocycles. The lowest BCUT2D eigenvalue weighted by Gasteiger charge is -2.26. The fourth-order valence-electron chi connectivity index (χ4n) is 3.32. The number of carbonyl (C=O) groups excluding carboxylic acids is 1. The predicted octanol–water partition coefficient (Wildman–Crippen LogP) is 2.36. The largest absolute Gasteiger partial charge is 0.480 e. The number of carbonyl (C=O) groups is 1. The number of aliphatic hydroxyl groups excluding tert-OH is 1. The van der Waals surface area contributed by atoms with E-state index < -0.39 is 47.2 Å². The summed E-state index contributed by atoms with van der Waals surface area (Å²) in [6.45, 7) is -0.0707. The zero-order chi connectivity index (χ0) is 20.7. The van der Waals surface area contributed by atoms with Gasteiger partial charge in [-0.3, -0.25) is 4.79 Å². The molecule has 1 aliphatic rings. The Hall–Kier alpha value is -3.40. The van der Waals surface area contributed by atoms with Gasteiger partial charge in [-0.15, -0.1) is 0 Å². The van der Waals surface area contributed by atoms with E-state index in [0.29, 0.717) is 18.5 Å². The van der Waals surface area contributed by atoms with Crippen molar-refractivity contribution >= 4 is 22.6 Å². The number of amides is 1. The number of aromatic hydroxyl groups is 1. The number of benzene rings is 1. The molecule has 0 radical (unpaired) electrons. The zero-order valence-electron chi connectivity index (χ0n) is 14.9. The van der Waals surface area contributed by atoms with E-state index in [0.717, 1.165) is 18.2 Å². The first-order chi connectivity index (χ1) is 13.9. The molecule has 0 aliphatic carbocycles. The minimum atomic E-state index is -1.000. The van der Waals surface area contributed by atoms with Crippen LogP contribution in [-0.4, -0.2) is 55.7 Å². The van der Waals surface area contributed by atoms with Crippen LogP contribution in [0.15, 0.2) is 24.3 Å². The first-order valence-corrected chi connectivity index (χ1v) is 8.70. The van der Waals surface area contributed by atoms with Gasteiger partial charge < -0.3 is 20.1 Å². The summed E-state index contributed by atoms with van der Waals surface area (Å²) >= 11 is 0. The van der Waals surface area contributed by atoms with Gasteiger partial charge in [-0.25, -0.2) is 18.2 Å². The zero-order valence-corrected chi connectivity index (χ0v) is 14.9. The van der Waals surface area contributed by atoms with Crippen LogP contribution in [0.4, 0.5) is 13.2 Å². The number of nitrogens with one attached hydrogen (secondary N) is 1. The van der Waals surface area contributed by atoms with Crippen LogP contribution in [0.1, 0.15) is 12.0 Å². The number of aromatic nitrogens is 3. The van der Waals surface area contributed by atoms with Gasteiger partial charge in [0.1, 0.15) is 23.9 Å². The molecule has 3 heterocycles. The normalized spacial score (nSPS) is 14.3. The van der Waals surface area contributed by atoms with Crippen molar-refractivity contribution in [2.24, 2.45) is 0 Å². The number of aliphatic hydroxyl groups is 1. The molecular weight excluding hydrogens is 389 g/mol. The molecule has 3 N–H and O–H groups in total. The molecule has 7 nitrogen and oxygen atoms in total. The summed E-state index contributed by atoms with van der Waals surface area (Å²) in [4.78, 5) is 22.8. The van der Waals surface area contributed by atoms with Crippen molar-refractivity contribution in [2.45, 2.75) is 6.42 Å². The molecule has 0 bridgehead atoms. The molecule has 0 saturated heterocycles. The number of hydrogen-bond acceptors (Lipinski definition) is 5. The highest BCUT2D eigenvalue weighted by Gasteiger charge is 2.23. The van der Waals surface area contributed by atoms with Gasteiger partial charge in [-0.05, 0) is 29.7 Å². The second-order valence-corrected chi connectivity index (χ2v) is 6.54. The number of fused-ring (bicyclic) bond motifs is 1. The lowest BCUT2D eigenvalue weighted by molar-refractivity contribution is -0.133. The van der Waals surface area contributed by atoms with Crippen LogP contribution in [-0.2, 0) is 4.79 Å². The summed E-state index contributed by atoms with van der Waals surface area (Å²) in [5.74, 6) is -3.39. The van der Waals surface area contributed by atoms with Crippen LogP contribution in [0.3, 0.4) is 0 Å². The molecule has 29 heavy (non-hydrogen) atoms. The van der Waals surface area contributed by atoms with Gasteiger partial charge in [0.15, 0.2) is 11.5 Å². The van der Waals surface area contributed by atoms with Gasteiger partial charge in [-0.1, -0.05) is 6.08 Å². The molecule has 1 aliphatic heterocycles. The van der Waals surface area contributed by atoms with Crippen molar-refractivity contribution < 1.29 is 28.2 Å². The fraction of sp³-hybridized carbons (Fsp3) is 0.211. The topological polar surface area (TPSA) is 102 Å². The second-order valence-electron chi connectivity index (χ2n) is 6.54. The highest BCUT2D eigenvalue weighted by Crippen LogP contribution is 2.33. The van der Waals surface area contributed by atoms with Crippen molar-refractivity contribution in [1.82, 2.24) is 19.9 Å². The Morgan fingerprint density at radius 3 is 2.48 bits per heavy atom. The minimum absolute atomic E-state index is 0.0783. The monoisotopic (exact) mass is 404 g/mol. The molecule has 0 unspecified atom stereocenters. The van der Waals surface area contributed by atoms with E-state index in [1.807, 2.05) is 0 Å². The molecule has 10 heteroatoms. The van der Waals surface area contributed by atoms with Crippen LogP contribution < -0.4 is 0 Å². The van der Waals surface area contributed by atoms with Gasteiger partial charge in [0, 0.05) is 19.2 Å². The first kappa shape index (κ1) is 18.9. The van der Waals surface area contributed by atoms with E-state index >= 15 is 0 Å². The molecule has 0 saturated carbocycles. The molecular formula is C19H15F3N4O3. The van der Waals surface area contributed by atoms with Crippen molar-refractivity contribution in [3.8, 4) is 17.3 Å². The summed E-state index contributed by atoms with van der Waals surface area (Å²) in [6, 6.07) is 2.63. The number of nitrogens with zero attached hydrogens (tertiary/aromatic N) is 3. The standard InChI is InChI=1S/C19H15F3N4O3/c20-11-5-10(9-1-3-26(4-2-9)15(28)8-27)6-12(21)16(11)17-13(22)7-14-18(24-17)25-19(29)23-14/h1,5-7,27H,2-4,8H2,(H2,23,24,25,29). The van der Waals surface area contributed by atoms with Gasteiger partial charge >= 0.3 is 0 Å². The SMILES string of the molecule is O=C(CO)N1CC=C(c2cc(F)c(-c3nc4nc(O)[nH]c4cc3F)c(F)c2)CC1. The lowest BCUT2D eigenvalue weighted by atomic mass is 9.96. The Kier molecular flexibility index (Phi) is 4.71. The Balaban J connectivity index is 1.71. The van der Waals surface area contributed by atoms with E-state index in [1.54, 1.807) is 6.08 Å². The minimum Gasteiger partial charge on any atom is -0.480 e. The maximum Gasteiger partial charge on any atom is 0.293 e. The summed E-state index contributed by atoms with van der Waals surface area (Å²) in [7, 11) is 0. The number of pyridine rings is 1. The molecule has 0 fully saturated rings. The smallest absolute Gasteiger partial charge is 0.293 e. The average molecular weight is 404 g/mol. The Bertz CT molecular complexity index is 1140. The van der Waals surface area contributed by atoms with Gasteiger partial charge in [0.05, 0.1) is 11.1 Å². The molecule has 0 spiro atoms. The quantitative estimate of drug-likeness (QED) is 0.622. The number of H-pyrrole nitrogens is 1. The lowest BCUT2D eigenvalue weighted by Crippen LogP contribution is -2.36. The molecule has 150 valence electrons. The highest BCUT2D eigenvalue weighted by atomic mass is 19.1. The number of aromatic amines is 1.